The molecule has 0 spiro atoms. The second kappa shape index (κ2) is 9.20. The third-order valence-electron chi connectivity index (χ3n) is 3.85. The second-order valence-electron chi connectivity index (χ2n) is 5.97. The van der Waals surface area contributed by atoms with E-state index in [1.165, 1.54) is 0 Å². The summed E-state index contributed by atoms with van der Waals surface area (Å²) in [4.78, 5) is 11.0. The van der Waals surface area contributed by atoms with Gasteiger partial charge in [0, 0.05) is 6.54 Å². The maximum atomic E-state index is 12.7. The molecule has 0 aliphatic rings. The Morgan fingerprint density at radius 2 is 1.71 bits per heavy atom. The summed E-state index contributed by atoms with van der Waals surface area (Å²) in [6.07, 6.45) is -4.12. The van der Waals surface area contributed by atoms with Crippen LogP contribution >= 0.6 is 0 Å². The molecule has 0 amide bonds. The lowest BCUT2D eigenvalue weighted by atomic mass is 10.1. The van der Waals surface area contributed by atoms with E-state index in [0.717, 1.165) is 29.3 Å². The average molecular weight is 415 g/mol. The van der Waals surface area contributed by atoms with Gasteiger partial charge in [0.25, 0.3) is 0 Å². The van der Waals surface area contributed by atoms with Crippen molar-refractivity contribution in [2.75, 3.05) is 13.2 Å². The average Bonchev–Trinajstić information content (AvgIpc) is 2.63. The minimum atomic E-state index is -4.61. The van der Waals surface area contributed by atoms with E-state index in [0.29, 0.717) is 19.1 Å². The smallest absolute Gasteiger partial charge is 0.416 e. The molecule has 0 aliphatic heterocycles. The molecule has 2 rings (SSSR count). The molecular weight excluding hydrogens is 395 g/mol. The van der Waals surface area contributed by atoms with Crippen molar-refractivity contribution >= 4 is 16.0 Å². The highest BCUT2D eigenvalue weighted by Gasteiger charge is 2.31. The zero-order valence-corrected chi connectivity index (χ0v) is 15.9. The summed E-state index contributed by atoms with van der Waals surface area (Å²) in [5, 5.41) is 0. The highest BCUT2D eigenvalue weighted by Crippen LogP contribution is 2.30. The lowest BCUT2D eigenvalue weighted by molar-refractivity contribution is -0.142. The molecule has 0 fully saturated rings. The molecule has 1 N–H and O–H groups in total. The maximum absolute atomic E-state index is 12.7. The predicted octanol–water partition coefficient (Wildman–Crippen LogP) is 3.33. The van der Waals surface area contributed by atoms with Crippen LogP contribution < -0.4 is 4.72 Å². The van der Waals surface area contributed by atoms with Crippen LogP contribution in [-0.4, -0.2) is 27.5 Å². The normalized spacial score (nSPS) is 12.0. The topological polar surface area (TPSA) is 72.5 Å². The number of sulfonamides is 1. The summed E-state index contributed by atoms with van der Waals surface area (Å²) in [5.74, 6) is -0.330. The Hall–Kier alpha value is -2.39. The quantitative estimate of drug-likeness (QED) is 0.672. The standard InChI is InChI=1S/C19H20F3NO4S/c1-2-27-18(24)12-15-8-6-14(7-9-15)10-11-23-28(25,26)17-5-3-4-16(13-17)19(20,21)22/h3-9,13,23H,2,10-12H2,1H3. The molecule has 0 bridgehead atoms. The predicted molar refractivity (Wildman–Crippen MR) is 97.1 cm³/mol. The Balaban J connectivity index is 1.94. The first kappa shape index (κ1) is 21.9. The van der Waals surface area contributed by atoms with Gasteiger partial charge in [0.2, 0.25) is 10.0 Å². The van der Waals surface area contributed by atoms with Crippen molar-refractivity contribution in [2.45, 2.75) is 30.8 Å². The maximum Gasteiger partial charge on any atom is 0.416 e. The zero-order valence-electron chi connectivity index (χ0n) is 15.1. The number of carbonyl (C=O) groups excluding carboxylic acids is 1. The van der Waals surface area contributed by atoms with Crippen LogP contribution in [0.2, 0.25) is 0 Å². The van der Waals surface area contributed by atoms with Gasteiger partial charge >= 0.3 is 12.1 Å². The lowest BCUT2D eigenvalue weighted by Crippen LogP contribution is -2.26. The van der Waals surface area contributed by atoms with Gasteiger partial charge in [-0.15, -0.1) is 0 Å². The van der Waals surface area contributed by atoms with Gasteiger partial charge < -0.3 is 4.74 Å². The minimum Gasteiger partial charge on any atom is -0.466 e. The van der Waals surface area contributed by atoms with Crippen LogP contribution in [0.5, 0.6) is 0 Å². The second-order valence-corrected chi connectivity index (χ2v) is 7.74. The minimum absolute atomic E-state index is 0.0236. The van der Waals surface area contributed by atoms with Crippen molar-refractivity contribution in [1.29, 1.82) is 0 Å². The lowest BCUT2D eigenvalue weighted by Gasteiger charge is -2.10. The van der Waals surface area contributed by atoms with Gasteiger partial charge in [-0.1, -0.05) is 30.3 Å². The Bertz CT molecular complexity index is 910. The van der Waals surface area contributed by atoms with Crippen molar-refractivity contribution in [3.05, 3.63) is 65.2 Å². The molecule has 0 unspecified atom stereocenters. The van der Waals surface area contributed by atoms with E-state index in [-0.39, 0.29) is 18.9 Å². The number of nitrogens with one attached hydrogen (secondary N) is 1. The van der Waals surface area contributed by atoms with Crippen LogP contribution in [0.25, 0.3) is 0 Å². The van der Waals surface area contributed by atoms with Crippen LogP contribution in [0, 0.1) is 0 Å². The van der Waals surface area contributed by atoms with Crippen molar-refractivity contribution in [1.82, 2.24) is 4.72 Å². The summed E-state index contributed by atoms with van der Waals surface area (Å²) in [6.45, 7) is 2.06. The molecule has 0 heterocycles. The number of hydrogen-bond acceptors (Lipinski definition) is 4. The zero-order chi connectivity index (χ0) is 20.8. The summed E-state index contributed by atoms with van der Waals surface area (Å²) >= 11 is 0. The van der Waals surface area contributed by atoms with Crippen LogP contribution in [0.1, 0.15) is 23.6 Å². The fraction of sp³-hybridized carbons (Fsp3) is 0.316. The number of ether oxygens (including phenoxy) is 1. The molecule has 2 aromatic carbocycles. The van der Waals surface area contributed by atoms with Crippen LogP contribution in [0.15, 0.2) is 53.4 Å². The first-order valence-electron chi connectivity index (χ1n) is 8.52. The Morgan fingerprint density at radius 1 is 1.07 bits per heavy atom. The van der Waals surface area contributed by atoms with Gasteiger partial charge in [0.1, 0.15) is 0 Å². The van der Waals surface area contributed by atoms with Crippen molar-refractivity contribution in [3.8, 4) is 0 Å². The largest absolute Gasteiger partial charge is 0.466 e. The van der Waals surface area contributed by atoms with E-state index in [1.807, 2.05) is 0 Å². The van der Waals surface area contributed by atoms with E-state index >= 15 is 0 Å². The third kappa shape index (κ3) is 6.35. The number of esters is 1. The molecule has 0 atom stereocenters. The number of rotatable bonds is 8. The van der Waals surface area contributed by atoms with Gasteiger partial charge in [-0.3, -0.25) is 4.79 Å². The third-order valence-corrected chi connectivity index (χ3v) is 5.31. The molecule has 28 heavy (non-hydrogen) atoms. The van der Waals surface area contributed by atoms with E-state index in [2.05, 4.69) is 4.72 Å². The van der Waals surface area contributed by atoms with Crippen molar-refractivity contribution in [2.24, 2.45) is 0 Å². The Kier molecular flexibility index (Phi) is 7.20. The van der Waals surface area contributed by atoms with E-state index in [4.69, 9.17) is 4.74 Å². The molecule has 5 nitrogen and oxygen atoms in total. The molecule has 9 heteroatoms. The fourth-order valence-corrected chi connectivity index (χ4v) is 3.53. The van der Waals surface area contributed by atoms with Crippen molar-refractivity contribution < 1.29 is 31.1 Å². The molecule has 0 aliphatic carbocycles. The van der Waals surface area contributed by atoms with Crippen LogP contribution in [0.3, 0.4) is 0 Å². The van der Waals surface area contributed by atoms with Gasteiger partial charge in [-0.25, -0.2) is 13.1 Å². The summed E-state index contributed by atoms with van der Waals surface area (Å²) in [5.41, 5.74) is 0.568. The number of hydrogen-bond donors (Lipinski definition) is 1. The van der Waals surface area contributed by atoms with Gasteiger partial charge in [-0.2, -0.15) is 13.2 Å². The highest BCUT2D eigenvalue weighted by molar-refractivity contribution is 7.89. The fourth-order valence-electron chi connectivity index (χ4n) is 2.46. The van der Waals surface area contributed by atoms with Crippen LogP contribution in [-0.2, 0) is 38.6 Å². The summed E-state index contributed by atoms with van der Waals surface area (Å²) in [6, 6.07) is 10.6. The molecule has 152 valence electrons. The van der Waals surface area contributed by atoms with E-state index in [1.54, 1.807) is 31.2 Å². The number of benzene rings is 2. The Morgan fingerprint density at radius 3 is 2.32 bits per heavy atom. The van der Waals surface area contributed by atoms with Gasteiger partial charge in [0.05, 0.1) is 23.5 Å². The van der Waals surface area contributed by atoms with Crippen molar-refractivity contribution in [3.63, 3.8) is 0 Å². The molecule has 0 saturated carbocycles. The Labute approximate surface area is 161 Å². The number of carbonyl (C=O) groups is 1. The van der Waals surface area contributed by atoms with Gasteiger partial charge in [0.15, 0.2) is 0 Å². The first-order valence-corrected chi connectivity index (χ1v) is 10.0. The van der Waals surface area contributed by atoms with E-state index in [9.17, 15) is 26.4 Å². The molecular formula is C19H20F3NO4S. The first-order chi connectivity index (χ1) is 13.1. The number of alkyl halides is 3. The van der Waals surface area contributed by atoms with E-state index < -0.39 is 26.7 Å². The molecule has 0 aromatic heterocycles. The SMILES string of the molecule is CCOC(=O)Cc1ccc(CCNS(=O)(=O)c2cccc(C(F)(F)F)c2)cc1. The molecule has 0 radical (unpaired) electrons. The van der Waals surface area contributed by atoms with Crippen LogP contribution in [0.4, 0.5) is 13.2 Å². The summed E-state index contributed by atoms with van der Waals surface area (Å²) in [7, 11) is -4.05. The van der Waals surface area contributed by atoms with Gasteiger partial charge in [-0.05, 0) is 42.7 Å². The monoisotopic (exact) mass is 415 g/mol. The molecule has 0 saturated heterocycles. The summed E-state index contributed by atoms with van der Waals surface area (Å²) < 4.78 is 69.8. The molecule has 2 aromatic rings. The highest BCUT2D eigenvalue weighted by atomic mass is 32.2. The number of halogens is 3.